The molecule has 1 saturated carbocycles. The number of anilines is 1. The Labute approximate surface area is 167 Å². The lowest BCUT2D eigenvalue weighted by Crippen LogP contribution is -2.48. The molecule has 2 heterocycles. The molecule has 1 amide bonds. The van der Waals surface area contributed by atoms with E-state index in [1.807, 2.05) is 23.1 Å². The van der Waals surface area contributed by atoms with Crippen molar-refractivity contribution < 1.29 is 4.79 Å². The van der Waals surface area contributed by atoms with E-state index in [0.29, 0.717) is 11.6 Å². The van der Waals surface area contributed by atoms with Gasteiger partial charge in [-0.2, -0.15) is 0 Å². The molecule has 5 nitrogen and oxygen atoms in total. The quantitative estimate of drug-likeness (QED) is 0.860. The predicted molar refractivity (Wildman–Crippen MR) is 112 cm³/mol. The van der Waals surface area contributed by atoms with Gasteiger partial charge in [0.2, 0.25) is 0 Å². The third kappa shape index (κ3) is 4.90. The van der Waals surface area contributed by atoms with Crippen molar-refractivity contribution >= 4 is 11.7 Å². The number of pyridine rings is 1. The van der Waals surface area contributed by atoms with Crippen molar-refractivity contribution in [3.8, 4) is 0 Å². The van der Waals surface area contributed by atoms with Crippen LogP contribution in [0.5, 0.6) is 0 Å². The number of rotatable bonds is 5. The van der Waals surface area contributed by atoms with Gasteiger partial charge in [-0.05, 0) is 30.5 Å². The van der Waals surface area contributed by atoms with Crippen LogP contribution >= 0.6 is 0 Å². The van der Waals surface area contributed by atoms with Crippen LogP contribution in [-0.2, 0) is 6.54 Å². The summed E-state index contributed by atoms with van der Waals surface area (Å²) < 4.78 is 0. The van der Waals surface area contributed by atoms with Crippen molar-refractivity contribution in [3.63, 3.8) is 0 Å². The van der Waals surface area contributed by atoms with E-state index < -0.39 is 0 Å². The molecule has 0 radical (unpaired) electrons. The molecule has 148 valence electrons. The first kappa shape index (κ1) is 18.9. The molecule has 1 aliphatic heterocycles. The monoisotopic (exact) mass is 378 g/mol. The van der Waals surface area contributed by atoms with E-state index >= 15 is 0 Å². The standard InChI is InChI=1S/C23H30N4O/c28-23(20-11-12-22(24-17-20)25-21-9-5-2-6-10-21)27-15-13-26(14-16-27)18-19-7-3-1-4-8-19/h1,3-4,7-8,11-12,17,21H,2,5-6,9-10,13-16,18H2,(H,24,25). The Morgan fingerprint density at radius 1 is 0.964 bits per heavy atom. The van der Waals surface area contributed by atoms with Gasteiger partial charge in [0.15, 0.2) is 0 Å². The third-order valence-corrected chi connectivity index (χ3v) is 5.88. The van der Waals surface area contributed by atoms with Gasteiger partial charge >= 0.3 is 0 Å². The van der Waals surface area contributed by atoms with Crippen LogP contribution in [0.3, 0.4) is 0 Å². The van der Waals surface area contributed by atoms with Gasteiger partial charge in [-0.15, -0.1) is 0 Å². The highest BCUT2D eigenvalue weighted by molar-refractivity contribution is 5.94. The Hall–Kier alpha value is -2.40. The van der Waals surface area contributed by atoms with Gasteiger partial charge in [0.1, 0.15) is 5.82 Å². The molecule has 2 aromatic rings. The van der Waals surface area contributed by atoms with Gasteiger partial charge in [-0.1, -0.05) is 49.6 Å². The number of amides is 1. The molecule has 1 aromatic heterocycles. The summed E-state index contributed by atoms with van der Waals surface area (Å²) in [6.45, 7) is 4.32. The molecular formula is C23H30N4O. The van der Waals surface area contributed by atoms with Crippen molar-refractivity contribution in [1.82, 2.24) is 14.8 Å². The van der Waals surface area contributed by atoms with Gasteiger partial charge in [0, 0.05) is 45.0 Å². The summed E-state index contributed by atoms with van der Waals surface area (Å²) in [7, 11) is 0. The summed E-state index contributed by atoms with van der Waals surface area (Å²) in [4.78, 5) is 21.7. The zero-order chi connectivity index (χ0) is 19.2. The van der Waals surface area contributed by atoms with Crippen LogP contribution in [0.1, 0.15) is 48.0 Å². The number of piperazine rings is 1. The molecule has 2 fully saturated rings. The minimum Gasteiger partial charge on any atom is -0.367 e. The van der Waals surface area contributed by atoms with E-state index in [1.54, 1.807) is 6.20 Å². The van der Waals surface area contributed by atoms with Crippen LogP contribution in [0, 0.1) is 0 Å². The normalized spacial score (nSPS) is 18.8. The number of carbonyl (C=O) groups excluding carboxylic acids is 1. The fourth-order valence-corrected chi connectivity index (χ4v) is 4.20. The topological polar surface area (TPSA) is 48.5 Å². The molecule has 1 aliphatic carbocycles. The molecule has 1 N–H and O–H groups in total. The number of nitrogens with one attached hydrogen (secondary N) is 1. The SMILES string of the molecule is O=C(c1ccc(NC2CCCCC2)nc1)N1CCN(Cc2ccccc2)CC1. The summed E-state index contributed by atoms with van der Waals surface area (Å²) >= 11 is 0. The van der Waals surface area contributed by atoms with E-state index in [1.165, 1.54) is 37.7 Å². The Morgan fingerprint density at radius 2 is 1.71 bits per heavy atom. The Kier molecular flexibility index (Phi) is 6.22. The molecule has 0 unspecified atom stereocenters. The zero-order valence-corrected chi connectivity index (χ0v) is 16.5. The van der Waals surface area contributed by atoms with Gasteiger partial charge in [-0.25, -0.2) is 4.98 Å². The fourth-order valence-electron chi connectivity index (χ4n) is 4.20. The van der Waals surface area contributed by atoms with E-state index in [4.69, 9.17) is 0 Å². The minimum atomic E-state index is 0.0936. The number of benzene rings is 1. The molecule has 0 atom stereocenters. The molecule has 5 heteroatoms. The highest BCUT2D eigenvalue weighted by Gasteiger charge is 2.22. The molecule has 2 aliphatic rings. The van der Waals surface area contributed by atoms with Crippen LogP contribution < -0.4 is 5.32 Å². The second-order valence-electron chi connectivity index (χ2n) is 7.97. The van der Waals surface area contributed by atoms with Crippen molar-refractivity contribution in [3.05, 3.63) is 59.8 Å². The van der Waals surface area contributed by atoms with Crippen molar-refractivity contribution in [2.24, 2.45) is 0 Å². The minimum absolute atomic E-state index is 0.0936. The highest BCUT2D eigenvalue weighted by Crippen LogP contribution is 2.21. The van der Waals surface area contributed by atoms with Gasteiger partial charge in [0.25, 0.3) is 5.91 Å². The predicted octanol–water partition coefficient (Wildman–Crippen LogP) is 3.78. The first-order valence-corrected chi connectivity index (χ1v) is 10.6. The second-order valence-corrected chi connectivity index (χ2v) is 7.97. The van der Waals surface area contributed by atoms with E-state index in [2.05, 4.69) is 39.5 Å². The summed E-state index contributed by atoms with van der Waals surface area (Å²) in [5.74, 6) is 0.979. The van der Waals surface area contributed by atoms with Crippen LogP contribution in [-0.4, -0.2) is 52.9 Å². The third-order valence-electron chi connectivity index (χ3n) is 5.88. The molecule has 28 heavy (non-hydrogen) atoms. The van der Waals surface area contributed by atoms with Crippen LogP contribution in [0.25, 0.3) is 0 Å². The number of carbonyl (C=O) groups is 1. The molecule has 0 bridgehead atoms. The fraction of sp³-hybridized carbons (Fsp3) is 0.478. The lowest BCUT2D eigenvalue weighted by Gasteiger charge is -2.34. The lowest BCUT2D eigenvalue weighted by atomic mass is 9.95. The molecule has 1 aromatic carbocycles. The number of nitrogens with zero attached hydrogens (tertiary/aromatic N) is 3. The zero-order valence-electron chi connectivity index (χ0n) is 16.5. The molecule has 1 saturated heterocycles. The first-order valence-electron chi connectivity index (χ1n) is 10.6. The van der Waals surface area contributed by atoms with Crippen molar-refractivity contribution in [2.75, 3.05) is 31.5 Å². The van der Waals surface area contributed by atoms with Crippen LogP contribution in [0.2, 0.25) is 0 Å². The number of hydrogen-bond acceptors (Lipinski definition) is 4. The second kappa shape index (κ2) is 9.20. The van der Waals surface area contributed by atoms with E-state index in [0.717, 1.165) is 38.5 Å². The van der Waals surface area contributed by atoms with Gasteiger partial charge in [0.05, 0.1) is 5.56 Å². The van der Waals surface area contributed by atoms with E-state index in [9.17, 15) is 4.79 Å². The number of hydrogen-bond donors (Lipinski definition) is 1. The summed E-state index contributed by atoms with van der Waals surface area (Å²) in [6.07, 6.45) is 8.10. The largest absolute Gasteiger partial charge is 0.367 e. The van der Waals surface area contributed by atoms with E-state index in [-0.39, 0.29) is 5.91 Å². The molecule has 4 rings (SSSR count). The Morgan fingerprint density at radius 3 is 2.39 bits per heavy atom. The highest BCUT2D eigenvalue weighted by atomic mass is 16.2. The van der Waals surface area contributed by atoms with Gasteiger partial charge in [-0.3, -0.25) is 9.69 Å². The average Bonchev–Trinajstić information content (AvgIpc) is 2.76. The van der Waals surface area contributed by atoms with Crippen LogP contribution in [0.15, 0.2) is 48.7 Å². The Bertz CT molecular complexity index is 748. The molecular weight excluding hydrogens is 348 g/mol. The Balaban J connectivity index is 1.27. The maximum absolute atomic E-state index is 12.8. The smallest absolute Gasteiger partial charge is 0.255 e. The molecule has 0 spiro atoms. The summed E-state index contributed by atoms with van der Waals surface area (Å²) in [6, 6.07) is 14.9. The summed E-state index contributed by atoms with van der Waals surface area (Å²) in [5.41, 5.74) is 2.01. The summed E-state index contributed by atoms with van der Waals surface area (Å²) in [5, 5.41) is 3.51. The average molecular weight is 379 g/mol. The number of aromatic nitrogens is 1. The maximum Gasteiger partial charge on any atom is 0.255 e. The van der Waals surface area contributed by atoms with Crippen molar-refractivity contribution in [2.45, 2.75) is 44.7 Å². The van der Waals surface area contributed by atoms with Gasteiger partial charge < -0.3 is 10.2 Å². The lowest BCUT2D eigenvalue weighted by molar-refractivity contribution is 0.0628. The van der Waals surface area contributed by atoms with Crippen LogP contribution in [0.4, 0.5) is 5.82 Å². The van der Waals surface area contributed by atoms with Crippen molar-refractivity contribution in [1.29, 1.82) is 0 Å². The first-order chi connectivity index (χ1) is 13.8. The maximum atomic E-state index is 12.8.